The number of nitrogens with zero attached hydrogens (tertiary/aromatic N) is 2. The van der Waals surface area contributed by atoms with Gasteiger partial charge >= 0.3 is 0 Å². The Hall–Kier alpha value is -1.06. The number of hydrogen-bond donors (Lipinski definition) is 1. The fourth-order valence-corrected chi connectivity index (χ4v) is 3.85. The van der Waals surface area contributed by atoms with Crippen molar-refractivity contribution in [2.24, 2.45) is 5.92 Å². The zero-order chi connectivity index (χ0) is 14.1. The molecule has 3 heteroatoms. The summed E-state index contributed by atoms with van der Waals surface area (Å²) in [6.07, 6.45) is 3.62. The van der Waals surface area contributed by atoms with Crippen molar-refractivity contribution in [3.63, 3.8) is 0 Å². The van der Waals surface area contributed by atoms with Gasteiger partial charge in [-0.15, -0.1) is 0 Å². The summed E-state index contributed by atoms with van der Waals surface area (Å²) in [4.78, 5) is 5.08. The average Bonchev–Trinajstić information content (AvgIpc) is 2.47. The molecule has 2 saturated heterocycles. The molecule has 1 aromatic carbocycles. The first-order valence-corrected chi connectivity index (χ1v) is 7.88. The predicted octanol–water partition coefficient (Wildman–Crippen LogP) is 2.66. The first kappa shape index (κ1) is 13.9. The maximum absolute atomic E-state index is 9.59. The van der Waals surface area contributed by atoms with Crippen molar-refractivity contribution in [3.8, 4) is 0 Å². The standard InChI is InChI=1S/C17H26N2O/c1-13(20)14-5-7-16(8-6-14)19-11-9-17-15(12-19)4-3-10-18(17)2/h5-8,13,15,17,20H,3-4,9-12H2,1-2H3/t13-,15?,17?/m1/s1. The Balaban J connectivity index is 1.69. The van der Waals surface area contributed by atoms with Crippen molar-refractivity contribution in [2.75, 3.05) is 31.6 Å². The van der Waals surface area contributed by atoms with E-state index in [4.69, 9.17) is 0 Å². The van der Waals surface area contributed by atoms with E-state index in [1.807, 2.05) is 6.92 Å². The second kappa shape index (κ2) is 5.74. The van der Waals surface area contributed by atoms with Crippen LogP contribution in [0.3, 0.4) is 0 Å². The molecule has 0 aliphatic carbocycles. The van der Waals surface area contributed by atoms with Crippen LogP contribution < -0.4 is 4.90 Å². The molecular weight excluding hydrogens is 248 g/mol. The Morgan fingerprint density at radius 1 is 1.15 bits per heavy atom. The summed E-state index contributed by atoms with van der Waals surface area (Å²) < 4.78 is 0. The number of aliphatic hydroxyl groups excluding tert-OH is 1. The molecule has 0 aromatic heterocycles. The number of benzene rings is 1. The molecule has 20 heavy (non-hydrogen) atoms. The summed E-state index contributed by atoms with van der Waals surface area (Å²) in [6, 6.07) is 9.22. The van der Waals surface area contributed by atoms with Crippen molar-refractivity contribution >= 4 is 5.69 Å². The number of fused-ring (bicyclic) bond motifs is 1. The Labute approximate surface area is 122 Å². The Morgan fingerprint density at radius 3 is 2.60 bits per heavy atom. The van der Waals surface area contributed by atoms with E-state index in [0.29, 0.717) is 0 Å². The van der Waals surface area contributed by atoms with Gasteiger partial charge in [0, 0.05) is 24.8 Å². The van der Waals surface area contributed by atoms with Gasteiger partial charge in [0.15, 0.2) is 0 Å². The fourth-order valence-electron chi connectivity index (χ4n) is 3.85. The summed E-state index contributed by atoms with van der Waals surface area (Å²) in [5, 5.41) is 9.59. The van der Waals surface area contributed by atoms with Crippen molar-refractivity contribution in [1.29, 1.82) is 0 Å². The summed E-state index contributed by atoms with van der Waals surface area (Å²) in [7, 11) is 2.28. The van der Waals surface area contributed by atoms with Crippen LogP contribution in [0.25, 0.3) is 0 Å². The second-order valence-electron chi connectivity index (χ2n) is 6.45. The van der Waals surface area contributed by atoms with Gasteiger partial charge in [-0.3, -0.25) is 0 Å². The van der Waals surface area contributed by atoms with Crippen LogP contribution in [0.1, 0.15) is 37.9 Å². The lowest BCUT2D eigenvalue weighted by molar-refractivity contribution is 0.102. The van der Waals surface area contributed by atoms with Gasteiger partial charge in [0.25, 0.3) is 0 Å². The van der Waals surface area contributed by atoms with Crippen LogP contribution in [-0.4, -0.2) is 42.7 Å². The van der Waals surface area contributed by atoms with Crippen molar-refractivity contribution in [1.82, 2.24) is 4.90 Å². The van der Waals surface area contributed by atoms with Gasteiger partial charge in [-0.05, 0) is 63.4 Å². The summed E-state index contributed by atoms with van der Waals surface area (Å²) >= 11 is 0. The van der Waals surface area contributed by atoms with Crippen molar-refractivity contribution in [2.45, 2.75) is 38.3 Å². The van der Waals surface area contributed by atoms with E-state index in [1.54, 1.807) is 0 Å². The average molecular weight is 274 g/mol. The largest absolute Gasteiger partial charge is 0.389 e. The van der Waals surface area contributed by atoms with Crippen LogP contribution in [0.5, 0.6) is 0 Å². The highest BCUT2D eigenvalue weighted by Gasteiger charge is 2.34. The highest BCUT2D eigenvalue weighted by atomic mass is 16.3. The zero-order valence-electron chi connectivity index (χ0n) is 12.6. The van der Waals surface area contributed by atoms with Gasteiger partial charge in [-0.25, -0.2) is 0 Å². The lowest BCUT2D eigenvalue weighted by Gasteiger charge is -2.46. The third-order valence-electron chi connectivity index (χ3n) is 5.09. The zero-order valence-corrected chi connectivity index (χ0v) is 12.6. The van der Waals surface area contributed by atoms with Crippen molar-refractivity contribution < 1.29 is 5.11 Å². The van der Waals surface area contributed by atoms with Crippen LogP contribution in [-0.2, 0) is 0 Å². The summed E-state index contributed by atoms with van der Waals surface area (Å²) in [5.41, 5.74) is 2.31. The summed E-state index contributed by atoms with van der Waals surface area (Å²) in [5.74, 6) is 0.818. The minimum Gasteiger partial charge on any atom is -0.389 e. The van der Waals surface area contributed by atoms with E-state index in [0.717, 1.165) is 24.1 Å². The van der Waals surface area contributed by atoms with Gasteiger partial charge in [0.2, 0.25) is 0 Å². The molecule has 0 bridgehead atoms. The van der Waals surface area contributed by atoms with E-state index in [1.165, 1.54) is 38.0 Å². The number of hydrogen-bond acceptors (Lipinski definition) is 3. The molecule has 2 aliphatic rings. The minimum absolute atomic E-state index is 0.373. The molecule has 2 fully saturated rings. The molecule has 2 aliphatic heterocycles. The smallest absolute Gasteiger partial charge is 0.0761 e. The van der Waals surface area contributed by atoms with Gasteiger partial charge in [0.05, 0.1) is 6.10 Å². The maximum atomic E-state index is 9.59. The lowest BCUT2D eigenvalue weighted by Crippen LogP contribution is -2.52. The third-order valence-corrected chi connectivity index (χ3v) is 5.09. The molecule has 0 spiro atoms. The predicted molar refractivity (Wildman–Crippen MR) is 83.0 cm³/mol. The first-order chi connectivity index (χ1) is 9.65. The van der Waals surface area contributed by atoms with E-state index >= 15 is 0 Å². The summed E-state index contributed by atoms with van der Waals surface area (Å²) in [6.45, 7) is 5.42. The van der Waals surface area contributed by atoms with Gasteiger partial charge < -0.3 is 14.9 Å². The molecule has 0 amide bonds. The van der Waals surface area contributed by atoms with Crippen LogP contribution >= 0.6 is 0 Å². The van der Waals surface area contributed by atoms with Crippen LogP contribution in [0.4, 0.5) is 5.69 Å². The lowest BCUT2D eigenvalue weighted by atomic mass is 9.84. The molecule has 2 unspecified atom stereocenters. The Kier molecular flexibility index (Phi) is 3.99. The highest BCUT2D eigenvalue weighted by Crippen LogP contribution is 2.32. The first-order valence-electron chi connectivity index (χ1n) is 7.88. The molecule has 2 heterocycles. The minimum atomic E-state index is -0.373. The number of rotatable bonds is 2. The normalized spacial score (nSPS) is 29.1. The van der Waals surface area contributed by atoms with Gasteiger partial charge in [0.1, 0.15) is 0 Å². The molecule has 3 nitrogen and oxygen atoms in total. The maximum Gasteiger partial charge on any atom is 0.0761 e. The second-order valence-corrected chi connectivity index (χ2v) is 6.45. The fraction of sp³-hybridized carbons (Fsp3) is 0.647. The van der Waals surface area contributed by atoms with E-state index < -0.39 is 0 Å². The van der Waals surface area contributed by atoms with E-state index in [2.05, 4.69) is 41.1 Å². The Bertz CT molecular complexity index is 443. The molecule has 1 aromatic rings. The molecule has 0 radical (unpaired) electrons. The van der Waals surface area contributed by atoms with Crippen molar-refractivity contribution in [3.05, 3.63) is 29.8 Å². The topological polar surface area (TPSA) is 26.7 Å². The molecule has 1 N–H and O–H groups in total. The number of anilines is 1. The monoisotopic (exact) mass is 274 g/mol. The van der Waals surface area contributed by atoms with Gasteiger partial charge in [-0.1, -0.05) is 12.1 Å². The third kappa shape index (κ3) is 2.70. The Morgan fingerprint density at radius 2 is 1.90 bits per heavy atom. The van der Waals surface area contributed by atoms with Crippen LogP contribution in [0.2, 0.25) is 0 Å². The quantitative estimate of drug-likeness (QED) is 0.898. The SMILES string of the molecule is C[C@@H](O)c1ccc(N2CCC3C(CCCN3C)C2)cc1. The molecule has 110 valence electrons. The molecular formula is C17H26N2O. The number of likely N-dealkylation sites (tertiary alicyclic amines) is 1. The molecule has 3 rings (SSSR count). The highest BCUT2D eigenvalue weighted by molar-refractivity contribution is 5.48. The van der Waals surface area contributed by atoms with Crippen LogP contribution in [0.15, 0.2) is 24.3 Å². The van der Waals surface area contributed by atoms with Gasteiger partial charge in [-0.2, -0.15) is 0 Å². The number of piperidine rings is 2. The van der Waals surface area contributed by atoms with E-state index in [9.17, 15) is 5.11 Å². The number of aliphatic hydroxyl groups is 1. The molecule has 0 saturated carbocycles. The van der Waals surface area contributed by atoms with E-state index in [-0.39, 0.29) is 6.10 Å². The molecule has 3 atom stereocenters. The van der Waals surface area contributed by atoms with Crippen LogP contribution in [0, 0.1) is 5.92 Å².